The van der Waals surface area contributed by atoms with E-state index in [1.165, 1.54) is 36.7 Å². The van der Waals surface area contributed by atoms with Gasteiger partial charge in [0.25, 0.3) is 11.8 Å². The quantitative estimate of drug-likeness (QED) is 0.747. The summed E-state index contributed by atoms with van der Waals surface area (Å²) in [5, 5.41) is 5.33. The van der Waals surface area contributed by atoms with Crippen LogP contribution in [0.1, 0.15) is 26.3 Å². The van der Waals surface area contributed by atoms with Crippen LogP contribution in [0.5, 0.6) is 0 Å². The molecule has 0 aliphatic rings. The van der Waals surface area contributed by atoms with Crippen molar-refractivity contribution in [2.24, 2.45) is 0 Å². The fourth-order valence-corrected chi connectivity index (χ4v) is 2.38. The first-order valence-electron chi connectivity index (χ1n) is 7.91. The maximum atomic E-state index is 13.2. The monoisotopic (exact) mass is 349 g/mol. The van der Waals surface area contributed by atoms with E-state index >= 15 is 0 Å². The van der Waals surface area contributed by atoms with Crippen LogP contribution in [0.4, 0.5) is 15.8 Å². The van der Waals surface area contributed by atoms with E-state index in [9.17, 15) is 14.0 Å². The van der Waals surface area contributed by atoms with Crippen molar-refractivity contribution < 1.29 is 14.0 Å². The first-order chi connectivity index (χ1) is 12.5. The molecule has 0 bridgehead atoms. The highest BCUT2D eigenvalue weighted by atomic mass is 19.1. The number of anilines is 2. The Labute approximate surface area is 149 Å². The number of aryl methyl sites for hydroxylation is 1. The Hall–Kier alpha value is -3.54. The van der Waals surface area contributed by atoms with Gasteiger partial charge in [0.15, 0.2) is 0 Å². The molecule has 0 radical (unpaired) electrons. The largest absolute Gasteiger partial charge is 0.322 e. The molecule has 2 N–H and O–H groups in total. The van der Waals surface area contributed by atoms with Crippen LogP contribution in [-0.4, -0.2) is 16.8 Å². The zero-order chi connectivity index (χ0) is 18.5. The lowest BCUT2D eigenvalue weighted by Gasteiger charge is -2.08. The second kappa shape index (κ2) is 7.57. The number of hydrogen-bond donors (Lipinski definition) is 2. The third-order valence-corrected chi connectivity index (χ3v) is 3.62. The van der Waals surface area contributed by atoms with Crippen molar-refractivity contribution in [1.82, 2.24) is 4.98 Å². The number of rotatable bonds is 4. The minimum Gasteiger partial charge on any atom is -0.322 e. The van der Waals surface area contributed by atoms with Gasteiger partial charge in [0.1, 0.15) is 5.82 Å². The summed E-state index contributed by atoms with van der Waals surface area (Å²) in [4.78, 5) is 28.6. The molecule has 5 nitrogen and oxygen atoms in total. The van der Waals surface area contributed by atoms with Crippen molar-refractivity contribution in [3.05, 3.63) is 89.5 Å². The number of hydrogen-bond acceptors (Lipinski definition) is 3. The lowest BCUT2D eigenvalue weighted by molar-refractivity contribution is 0.102. The van der Waals surface area contributed by atoms with Crippen LogP contribution in [0.25, 0.3) is 0 Å². The number of carbonyl (C=O) groups excluding carboxylic acids is 2. The highest BCUT2D eigenvalue weighted by Gasteiger charge is 2.12. The highest BCUT2D eigenvalue weighted by Crippen LogP contribution is 2.14. The number of aromatic nitrogens is 1. The molecular weight excluding hydrogens is 333 g/mol. The van der Waals surface area contributed by atoms with E-state index in [2.05, 4.69) is 15.6 Å². The van der Waals surface area contributed by atoms with Crippen LogP contribution in [0.15, 0.2) is 67.0 Å². The number of benzene rings is 2. The maximum absolute atomic E-state index is 13.2. The van der Waals surface area contributed by atoms with Crippen molar-refractivity contribution in [3.8, 4) is 0 Å². The standard InChI is InChI=1S/C20H16FN3O2/c1-13-4-2-6-17(8-13)23-19(25)14-9-15(12-22-11-14)20(26)24-18-7-3-5-16(21)10-18/h2-12H,1H3,(H,23,25)(H,24,26). The predicted molar refractivity (Wildman–Crippen MR) is 97.7 cm³/mol. The van der Waals surface area contributed by atoms with Gasteiger partial charge in [0.2, 0.25) is 0 Å². The van der Waals surface area contributed by atoms with Crippen LogP contribution in [0.2, 0.25) is 0 Å². The molecule has 0 spiro atoms. The number of pyridine rings is 1. The Balaban J connectivity index is 1.75. The fraction of sp³-hybridized carbons (Fsp3) is 0.0500. The van der Waals surface area contributed by atoms with Crippen molar-refractivity contribution in [2.75, 3.05) is 10.6 Å². The normalized spacial score (nSPS) is 10.2. The van der Waals surface area contributed by atoms with E-state index in [-0.39, 0.29) is 17.0 Å². The minimum absolute atomic E-state index is 0.200. The minimum atomic E-state index is -0.478. The summed E-state index contributed by atoms with van der Waals surface area (Å²) in [7, 11) is 0. The highest BCUT2D eigenvalue weighted by molar-refractivity contribution is 6.08. The zero-order valence-electron chi connectivity index (χ0n) is 14.0. The zero-order valence-corrected chi connectivity index (χ0v) is 14.0. The molecule has 0 saturated heterocycles. The predicted octanol–water partition coefficient (Wildman–Crippen LogP) is 4.03. The molecule has 2 aromatic carbocycles. The molecule has 1 aromatic heterocycles. The number of amides is 2. The molecule has 1 heterocycles. The summed E-state index contributed by atoms with van der Waals surface area (Å²) >= 11 is 0. The Kier molecular flexibility index (Phi) is 5.03. The lowest BCUT2D eigenvalue weighted by atomic mass is 10.1. The molecule has 130 valence electrons. The summed E-state index contributed by atoms with van der Waals surface area (Å²) in [6.07, 6.45) is 2.72. The molecule has 26 heavy (non-hydrogen) atoms. The van der Waals surface area contributed by atoms with Gasteiger partial charge in [-0.15, -0.1) is 0 Å². The van der Waals surface area contributed by atoms with Gasteiger partial charge < -0.3 is 10.6 Å². The van der Waals surface area contributed by atoms with Crippen molar-refractivity contribution in [3.63, 3.8) is 0 Å². The Morgan fingerprint density at radius 3 is 2.00 bits per heavy atom. The molecule has 2 amide bonds. The lowest BCUT2D eigenvalue weighted by Crippen LogP contribution is -2.16. The average molecular weight is 349 g/mol. The van der Waals surface area contributed by atoms with Gasteiger partial charge in [-0.3, -0.25) is 14.6 Å². The summed E-state index contributed by atoms with van der Waals surface area (Å²) in [6.45, 7) is 1.93. The van der Waals surface area contributed by atoms with E-state index in [0.717, 1.165) is 5.56 Å². The number of halogens is 1. The SMILES string of the molecule is Cc1cccc(NC(=O)c2cncc(C(=O)Nc3cccc(F)c3)c2)c1. The topological polar surface area (TPSA) is 71.1 Å². The Morgan fingerprint density at radius 1 is 0.846 bits per heavy atom. The van der Waals surface area contributed by atoms with Crippen LogP contribution in [-0.2, 0) is 0 Å². The van der Waals surface area contributed by atoms with Crippen molar-refractivity contribution in [2.45, 2.75) is 6.92 Å². The summed E-state index contributed by atoms with van der Waals surface area (Å²) < 4.78 is 13.2. The molecule has 0 aliphatic carbocycles. The van der Waals surface area contributed by atoms with Gasteiger partial charge >= 0.3 is 0 Å². The Bertz CT molecular complexity index is 898. The van der Waals surface area contributed by atoms with Gasteiger partial charge in [-0.1, -0.05) is 18.2 Å². The van der Waals surface area contributed by atoms with Gasteiger partial charge in [-0.2, -0.15) is 0 Å². The first kappa shape index (κ1) is 17.3. The smallest absolute Gasteiger partial charge is 0.257 e. The summed E-state index contributed by atoms with van der Waals surface area (Å²) in [6, 6.07) is 14.4. The van der Waals surface area contributed by atoms with E-state index in [0.29, 0.717) is 11.4 Å². The third-order valence-electron chi connectivity index (χ3n) is 3.62. The summed E-state index contributed by atoms with van der Waals surface area (Å²) in [5.74, 6) is -1.30. The number of carbonyl (C=O) groups is 2. The van der Waals surface area contributed by atoms with E-state index in [1.807, 2.05) is 25.1 Å². The van der Waals surface area contributed by atoms with E-state index < -0.39 is 11.7 Å². The average Bonchev–Trinajstić information content (AvgIpc) is 2.62. The second-order valence-electron chi connectivity index (χ2n) is 5.75. The van der Waals surface area contributed by atoms with E-state index in [4.69, 9.17) is 0 Å². The van der Waals surface area contributed by atoms with Crippen LogP contribution >= 0.6 is 0 Å². The van der Waals surface area contributed by atoms with Crippen molar-refractivity contribution in [1.29, 1.82) is 0 Å². The third kappa shape index (κ3) is 4.30. The molecule has 0 saturated carbocycles. The molecular formula is C20H16FN3O2. The maximum Gasteiger partial charge on any atom is 0.257 e. The molecule has 0 unspecified atom stereocenters. The van der Waals surface area contributed by atoms with Crippen LogP contribution in [0.3, 0.4) is 0 Å². The molecule has 3 aromatic rings. The fourth-order valence-electron chi connectivity index (χ4n) is 2.38. The van der Waals surface area contributed by atoms with Crippen molar-refractivity contribution >= 4 is 23.2 Å². The molecule has 0 atom stereocenters. The molecule has 0 aliphatic heterocycles. The van der Waals surface area contributed by atoms with Gasteiger partial charge in [0.05, 0.1) is 11.1 Å². The van der Waals surface area contributed by atoms with Crippen LogP contribution in [0, 0.1) is 12.7 Å². The first-order valence-corrected chi connectivity index (χ1v) is 7.91. The molecule has 6 heteroatoms. The number of nitrogens with zero attached hydrogens (tertiary/aromatic N) is 1. The van der Waals surface area contributed by atoms with Crippen LogP contribution < -0.4 is 10.6 Å². The van der Waals surface area contributed by atoms with Gasteiger partial charge in [-0.25, -0.2) is 4.39 Å². The second-order valence-corrected chi connectivity index (χ2v) is 5.75. The van der Waals surface area contributed by atoms with E-state index in [1.54, 1.807) is 12.1 Å². The molecule has 3 rings (SSSR count). The molecule has 0 fully saturated rings. The summed E-state index contributed by atoms with van der Waals surface area (Å²) in [5.41, 5.74) is 2.45. The van der Waals surface area contributed by atoms with Gasteiger partial charge in [-0.05, 0) is 48.9 Å². The van der Waals surface area contributed by atoms with Gasteiger partial charge in [0, 0.05) is 23.8 Å². The number of nitrogens with one attached hydrogen (secondary N) is 2. The Morgan fingerprint density at radius 2 is 1.42 bits per heavy atom.